The Bertz CT molecular complexity index is 1090. The zero-order valence-electron chi connectivity index (χ0n) is 19.0. The number of carbonyl (C=O) groups excluding carboxylic acids is 1. The topological polar surface area (TPSA) is 44.8 Å². The number of hydrogen-bond donors (Lipinski definition) is 1. The zero-order valence-corrected chi connectivity index (χ0v) is 19.0. The number of anilines is 1. The maximum Gasteiger partial charge on any atom is 0.252 e. The average molecular weight is 442 g/mol. The average Bonchev–Trinajstić information content (AvgIpc) is 3.25. The Kier molecular flexibility index (Phi) is 6.58. The molecule has 0 aromatic heterocycles. The van der Waals surface area contributed by atoms with Crippen molar-refractivity contribution in [3.63, 3.8) is 0 Å². The van der Waals surface area contributed by atoms with Gasteiger partial charge in [0.15, 0.2) is 0 Å². The lowest BCUT2D eigenvalue weighted by atomic mass is 10.0. The first-order valence-corrected chi connectivity index (χ1v) is 11.9. The first-order valence-electron chi connectivity index (χ1n) is 11.9. The molecule has 1 saturated heterocycles. The summed E-state index contributed by atoms with van der Waals surface area (Å²) in [5, 5.41) is 2.85. The van der Waals surface area contributed by atoms with E-state index in [0.717, 1.165) is 62.4 Å². The molecule has 2 aliphatic rings. The summed E-state index contributed by atoms with van der Waals surface area (Å²) in [7, 11) is 0. The molecule has 1 fully saturated rings. The van der Waals surface area contributed by atoms with Gasteiger partial charge in [-0.3, -0.25) is 9.69 Å². The van der Waals surface area contributed by atoms with Crippen LogP contribution in [0.4, 0.5) is 5.69 Å². The Morgan fingerprint density at radius 1 is 0.818 bits per heavy atom. The van der Waals surface area contributed by atoms with E-state index >= 15 is 0 Å². The minimum absolute atomic E-state index is 0.00128. The Balaban J connectivity index is 1.04. The number of amides is 1. The number of rotatable bonds is 8. The van der Waals surface area contributed by atoms with Gasteiger partial charge < -0.3 is 15.0 Å². The first-order chi connectivity index (χ1) is 16.3. The molecule has 0 aliphatic carbocycles. The summed E-state index contributed by atoms with van der Waals surface area (Å²) < 4.78 is 5.88. The number of fused-ring (bicyclic) bond motifs is 1. The van der Waals surface area contributed by atoms with Gasteiger partial charge in [0.25, 0.3) is 5.91 Å². The van der Waals surface area contributed by atoms with E-state index in [0.29, 0.717) is 13.2 Å². The molecular formula is C28H31N3O2. The van der Waals surface area contributed by atoms with Crippen LogP contribution in [0.25, 0.3) is 11.1 Å². The van der Waals surface area contributed by atoms with Crippen LogP contribution >= 0.6 is 0 Å². The molecule has 0 spiro atoms. The van der Waals surface area contributed by atoms with Gasteiger partial charge in [-0.1, -0.05) is 48.5 Å². The van der Waals surface area contributed by atoms with Crippen LogP contribution in [-0.2, 0) is 6.54 Å². The number of carbonyl (C=O) groups is 1. The van der Waals surface area contributed by atoms with E-state index in [-0.39, 0.29) is 5.91 Å². The van der Waals surface area contributed by atoms with Gasteiger partial charge in [-0.05, 0) is 60.3 Å². The molecule has 1 N–H and O–H groups in total. The molecule has 3 aromatic rings. The fourth-order valence-electron chi connectivity index (χ4n) is 4.65. The quantitative estimate of drug-likeness (QED) is 0.520. The predicted molar refractivity (Wildman–Crippen MR) is 133 cm³/mol. The Labute approximate surface area is 196 Å². The van der Waals surface area contributed by atoms with Crippen molar-refractivity contribution >= 4 is 11.6 Å². The van der Waals surface area contributed by atoms with Crippen molar-refractivity contribution in [3.05, 3.63) is 83.9 Å². The molecule has 0 bridgehead atoms. The van der Waals surface area contributed by atoms with Crippen LogP contribution in [0.3, 0.4) is 0 Å². The first kappa shape index (κ1) is 21.5. The molecule has 1 amide bonds. The lowest BCUT2D eigenvalue weighted by Crippen LogP contribution is -2.46. The van der Waals surface area contributed by atoms with Gasteiger partial charge in [-0.15, -0.1) is 0 Å². The molecule has 2 aliphatic heterocycles. The summed E-state index contributed by atoms with van der Waals surface area (Å²) in [5.41, 5.74) is 5.66. The molecular weight excluding hydrogens is 410 g/mol. The molecule has 33 heavy (non-hydrogen) atoms. The van der Waals surface area contributed by atoms with Crippen molar-refractivity contribution in [3.8, 4) is 16.9 Å². The van der Waals surface area contributed by atoms with Crippen molar-refractivity contribution in [1.82, 2.24) is 10.2 Å². The molecule has 170 valence electrons. The van der Waals surface area contributed by atoms with Gasteiger partial charge in [-0.2, -0.15) is 0 Å². The van der Waals surface area contributed by atoms with Crippen molar-refractivity contribution in [2.45, 2.75) is 19.4 Å². The summed E-state index contributed by atoms with van der Waals surface area (Å²) >= 11 is 0. The third kappa shape index (κ3) is 5.20. The number of nitrogens with one attached hydrogen (secondary N) is 1. The maximum absolute atomic E-state index is 11.8. The molecule has 2 heterocycles. The minimum atomic E-state index is 0.00128. The van der Waals surface area contributed by atoms with E-state index in [9.17, 15) is 4.79 Å². The van der Waals surface area contributed by atoms with Gasteiger partial charge in [0.1, 0.15) is 5.75 Å². The van der Waals surface area contributed by atoms with Gasteiger partial charge in [0.05, 0.1) is 6.61 Å². The van der Waals surface area contributed by atoms with Crippen molar-refractivity contribution in [2.24, 2.45) is 0 Å². The number of piperazine rings is 1. The van der Waals surface area contributed by atoms with Crippen LogP contribution in [0.1, 0.15) is 28.8 Å². The van der Waals surface area contributed by atoms with Crippen LogP contribution in [0.5, 0.6) is 5.75 Å². The summed E-state index contributed by atoms with van der Waals surface area (Å²) in [6.45, 7) is 6.73. The van der Waals surface area contributed by atoms with E-state index in [1.807, 2.05) is 18.2 Å². The number of ether oxygens (including phenoxy) is 1. The number of benzene rings is 3. The smallest absolute Gasteiger partial charge is 0.252 e. The number of unbranched alkanes of at least 4 members (excludes halogenated alkanes) is 1. The van der Waals surface area contributed by atoms with Crippen LogP contribution < -0.4 is 15.0 Å². The van der Waals surface area contributed by atoms with E-state index in [1.54, 1.807) is 0 Å². The summed E-state index contributed by atoms with van der Waals surface area (Å²) in [4.78, 5) is 16.8. The Morgan fingerprint density at radius 2 is 1.64 bits per heavy atom. The van der Waals surface area contributed by atoms with Crippen molar-refractivity contribution in [2.75, 3.05) is 44.2 Å². The SMILES string of the molecule is O=C1NCc2ccc(OCCCCN3CCN(c4cccc(-c5ccccc5)c4)CC3)cc21. The van der Waals surface area contributed by atoms with Gasteiger partial charge in [-0.25, -0.2) is 0 Å². The lowest BCUT2D eigenvalue weighted by molar-refractivity contribution is 0.0965. The molecule has 0 atom stereocenters. The Hall–Kier alpha value is -3.31. The highest BCUT2D eigenvalue weighted by molar-refractivity contribution is 5.98. The van der Waals surface area contributed by atoms with Crippen molar-refractivity contribution in [1.29, 1.82) is 0 Å². The molecule has 5 heteroatoms. The minimum Gasteiger partial charge on any atom is -0.494 e. The third-order valence-corrected chi connectivity index (χ3v) is 6.59. The fraction of sp³-hybridized carbons (Fsp3) is 0.321. The molecule has 0 radical (unpaired) electrons. The van der Waals surface area contributed by atoms with E-state index in [1.165, 1.54) is 16.8 Å². The highest BCUT2D eigenvalue weighted by Crippen LogP contribution is 2.25. The van der Waals surface area contributed by atoms with Gasteiger partial charge in [0, 0.05) is 44.0 Å². The highest BCUT2D eigenvalue weighted by Gasteiger charge is 2.19. The monoisotopic (exact) mass is 441 g/mol. The fourth-order valence-corrected chi connectivity index (χ4v) is 4.65. The maximum atomic E-state index is 11.8. The normalized spacial score (nSPS) is 15.9. The van der Waals surface area contributed by atoms with E-state index < -0.39 is 0 Å². The van der Waals surface area contributed by atoms with Crippen LogP contribution in [0.15, 0.2) is 72.8 Å². The largest absolute Gasteiger partial charge is 0.494 e. The molecule has 0 saturated carbocycles. The van der Waals surface area contributed by atoms with Gasteiger partial charge in [0.2, 0.25) is 0 Å². The summed E-state index contributed by atoms with van der Waals surface area (Å²) in [6, 6.07) is 25.3. The number of hydrogen-bond acceptors (Lipinski definition) is 4. The van der Waals surface area contributed by atoms with Gasteiger partial charge >= 0.3 is 0 Å². The molecule has 5 nitrogen and oxygen atoms in total. The second-order valence-corrected chi connectivity index (χ2v) is 8.80. The summed E-state index contributed by atoms with van der Waals surface area (Å²) in [5.74, 6) is 0.790. The molecule has 3 aromatic carbocycles. The van der Waals surface area contributed by atoms with Crippen molar-refractivity contribution < 1.29 is 9.53 Å². The van der Waals surface area contributed by atoms with Crippen LogP contribution in [0.2, 0.25) is 0 Å². The third-order valence-electron chi connectivity index (χ3n) is 6.59. The van der Waals surface area contributed by atoms with Crippen LogP contribution in [-0.4, -0.2) is 50.1 Å². The summed E-state index contributed by atoms with van der Waals surface area (Å²) in [6.07, 6.45) is 2.14. The number of nitrogens with zero attached hydrogens (tertiary/aromatic N) is 2. The zero-order chi connectivity index (χ0) is 22.5. The van der Waals surface area contributed by atoms with Crippen LogP contribution in [0, 0.1) is 0 Å². The standard InChI is InChI=1S/C28H31N3O2/c32-28-27-20-26(12-11-24(27)21-29-28)33-18-5-4-13-30-14-16-31(17-15-30)25-10-6-9-23(19-25)22-7-2-1-3-8-22/h1-3,6-12,19-20H,4-5,13-18,21H2,(H,29,32). The molecule has 0 unspecified atom stereocenters. The second kappa shape index (κ2) is 10.1. The Morgan fingerprint density at radius 3 is 2.48 bits per heavy atom. The molecule has 5 rings (SSSR count). The highest BCUT2D eigenvalue weighted by atomic mass is 16.5. The predicted octanol–water partition coefficient (Wildman–Crippen LogP) is 4.58. The van der Waals surface area contributed by atoms with E-state index in [2.05, 4.69) is 69.7 Å². The van der Waals surface area contributed by atoms with E-state index in [4.69, 9.17) is 4.74 Å². The second-order valence-electron chi connectivity index (χ2n) is 8.80. The lowest BCUT2D eigenvalue weighted by Gasteiger charge is -2.36.